The molecule has 2 aliphatic carbocycles. The number of ether oxygens (including phenoxy) is 1. The van der Waals surface area contributed by atoms with Crippen LogP contribution in [0.2, 0.25) is 0 Å². The molecule has 1 fully saturated rings. The number of nitrogens with one attached hydrogen (secondary N) is 1. The van der Waals surface area contributed by atoms with Crippen molar-refractivity contribution in [3.05, 3.63) is 71.8 Å². The van der Waals surface area contributed by atoms with Crippen molar-refractivity contribution in [2.45, 2.75) is 30.8 Å². The molecule has 2 aromatic carbocycles. The van der Waals surface area contributed by atoms with Crippen molar-refractivity contribution in [2.75, 3.05) is 13.2 Å². The zero-order chi connectivity index (χ0) is 22.2. The fourth-order valence-corrected chi connectivity index (χ4v) is 4.90. The van der Waals surface area contributed by atoms with Gasteiger partial charge in [0.2, 0.25) is 5.91 Å². The Hall–Kier alpha value is -3.61. The van der Waals surface area contributed by atoms with E-state index in [-0.39, 0.29) is 24.5 Å². The fourth-order valence-electron chi connectivity index (χ4n) is 4.90. The van der Waals surface area contributed by atoms with Crippen molar-refractivity contribution in [3.63, 3.8) is 0 Å². The maximum Gasteiger partial charge on any atom is 0.407 e. The van der Waals surface area contributed by atoms with Crippen LogP contribution < -0.4 is 5.32 Å². The van der Waals surface area contributed by atoms with Crippen molar-refractivity contribution < 1.29 is 24.2 Å². The number of hydrogen-bond acceptors (Lipinski definition) is 4. The Morgan fingerprint density at radius 3 is 2.25 bits per heavy atom. The van der Waals surface area contributed by atoms with Gasteiger partial charge < -0.3 is 20.1 Å². The van der Waals surface area contributed by atoms with E-state index in [0.717, 1.165) is 11.1 Å². The van der Waals surface area contributed by atoms with E-state index in [1.54, 1.807) is 12.2 Å². The van der Waals surface area contributed by atoms with E-state index in [0.29, 0.717) is 19.4 Å². The minimum absolute atomic E-state index is 0.0130. The number of rotatable bonds is 5. The molecule has 7 nitrogen and oxygen atoms in total. The third-order valence-electron chi connectivity index (χ3n) is 6.64. The van der Waals surface area contributed by atoms with Crippen LogP contribution in [0.25, 0.3) is 11.1 Å². The first-order chi connectivity index (χ1) is 15.5. The van der Waals surface area contributed by atoms with Crippen LogP contribution in [-0.2, 0) is 14.3 Å². The molecule has 164 valence electrons. The van der Waals surface area contributed by atoms with Crippen LogP contribution in [-0.4, -0.2) is 53.2 Å². The maximum atomic E-state index is 12.6. The predicted molar refractivity (Wildman–Crippen MR) is 117 cm³/mol. The van der Waals surface area contributed by atoms with Gasteiger partial charge in [0.15, 0.2) is 0 Å². The molecule has 1 aliphatic heterocycles. The number of likely N-dealkylation sites (tertiary alicyclic amines) is 1. The van der Waals surface area contributed by atoms with E-state index in [1.807, 2.05) is 24.3 Å². The Kier molecular flexibility index (Phi) is 5.17. The average Bonchev–Trinajstić information content (AvgIpc) is 3.34. The van der Waals surface area contributed by atoms with Crippen molar-refractivity contribution in [2.24, 2.45) is 5.92 Å². The normalized spacial score (nSPS) is 23.2. The van der Waals surface area contributed by atoms with E-state index >= 15 is 0 Å². The number of carboxylic acid groups (broad SMARTS) is 1. The van der Waals surface area contributed by atoms with Gasteiger partial charge in [-0.1, -0.05) is 60.7 Å². The Morgan fingerprint density at radius 2 is 1.66 bits per heavy atom. The van der Waals surface area contributed by atoms with Crippen LogP contribution in [0.1, 0.15) is 29.9 Å². The molecule has 3 unspecified atom stereocenters. The molecule has 0 aromatic heterocycles. The van der Waals surface area contributed by atoms with Gasteiger partial charge in [-0.25, -0.2) is 9.59 Å². The van der Waals surface area contributed by atoms with Gasteiger partial charge in [0.25, 0.3) is 0 Å². The number of nitrogens with zero attached hydrogens (tertiary/aromatic N) is 1. The minimum Gasteiger partial charge on any atom is -0.480 e. The second-order valence-electron chi connectivity index (χ2n) is 8.48. The first-order valence-electron chi connectivity index (χ1n) is 10.9. The van der Waals surface area contributed by atoms with Gasteiger partial charge in [-0.3, -0.25) is 4.79 Å². The first kappa shape index (κ1) is 20.3. The molecule has 0 radical (unpaired) electrons. The lowest BCUT2D eigenvalue weighted by Crippen LogP contribution is -2.56. The summed E-state index contributed by atoms with van der Waals surface area (Å²) in [5, 5.41) is 12.0. The Labute approximate surface area is 185 Å². The number of carbonyl (C=O) groups excluding carboxylic acids is 2. The molecule has 0 saturated carbocycles. The summed E-state index contributed by atoms with van der Waals surface area (Å²) >= 11 is 0. The first-order valence-corrected chi connectivity index (χ1v) is 10.9. The molecule has 1 saturated heterocycles. The number of aliphatic carboxylic acids is 1. The van der Waals surface area contributed by atoms with Gasteiger partial charge in [-0.2, -0.15) is 0 Å². The topological polar surface area (TPSA) is 95.9 Å². The van der Waals surface area contributed by atoms with E-state index in [1.165, 1.54) is 16.0 Å². The molecule has 2 aromatic rings. The highest BCUT2D eigenvalue weighted by Crippen LogP contribution is 2.44. The van der Waals surface area contributed by atoms with Crippen molar-refractivity contribution >= 4 is 18.0 Å². The molecule has 0 spiro atoms. The molecular weight excluding hydrogens is 408 g/mol. The van der Waals surface area contributed by atoms with Gasteiger partial charge >= 0.3 is 12.1 Å². The lowest BCUT2D eigenvalue weighted by atomic mass is 9.98. The lowest BCUT2D eigenvalue weighted by Gasteiger charge is -2.39. The summed E-state index contributed by atoms with van der Waals surface area (Å²) < 4.78 is 5.57. The van der Waals surface area contributed by atoms with Gasteiger partial charge in [0, 0.05) is 12.5 Å². The van der Waals surface area contributed by atoms with E-state index in [4.69, 9.17) is 9.84 Å². The summed E-state index contributed by atoms with van der Waals surface area (Å²) in [6.45, 7) is 0.692. The van der Waals surface area contributed by atoms with E-state index in [2.05, 4.69) is 29.6 Å². The Morgan fingerprint density at radius 1 is 1.00 bits per heavy atom. The van der Waals surface area contributed by atoms with Gasteiger partial charge in [-0.15, -0.1) is 0 Å². The largest absolute Gasteiger partial charge is 0.480 e. The van der Waals surface area contributed by atoms with E-state index in [9.17, 15) is 14.4 Å². The Balaban J connectivity index is 1.16. The number of amides is 2. The molecule has 3 atom stereocenters. The molecule has 32 heavy (non-hydrogen) atoms. The highest BCUT2D eigenvalue weighted by Gasteiger charge is 2.41. The molecule has 7 heteroatoms. The zero-order valence-electron chi connectivity index (χ0n) is 17.4. The number of carbonyl (C=O) groups is 3. The summed E-state index contributed by atoms with van der Waals surface area (Å²) in [5.74, 6) is -1.60. The highest BCUT2D eigenvalue weighted by atomic mass is 16.5. The smallest absolute Gasteiger partial charge is 0.407 e. The van der Waals surface area contributed by atoms with Crippen molar-refractivity contribution in [1.29, 1.82) is 0 Å². The zero-order valence-corrected chi connectivity index (χ0v) is 17.4. The molecular formula is C25H24N2O5. The van der Waals surface area contributed by atoms with Crippen LogP contribution in [0.3, 0.4) is 0 Å². The quantitative estimate of drug-likeness (QED) is 0.708. The summed E-state index contributed by atoms with van der Waals surface area (Å²) in [7, 11) is 0. The van der Waals surface area contributed by atoms with Gasteiger partial charge in [0.1, 0.15) is 12.6 Å². The van der Waals surface area contributed by atoms with Crippen LogP contribution in [0.4, 0.5) is 4.79 Å². The summed E-state index contributed by atoms with van der Waals surface area (Å²) in [6.07, 6.45) is 3.89. The molecule has 2 amide bonds. The maximum absolute atomic E-state index is 12.6. The monoisotopic (exact) mass is 432 g/mol. The van der Waals surface area contributed by atoms with Crippen LogP contribution in [0.15, 0.2) is 60.7 Å². The van der Waals surface area contributed by atoms with Crippen LogP contribution in [0.5, 0.6) is 0 Å². The Bertz CT molecular complexity index is 1070. The van der Waals surface area contributed by atoms with Crippen LogP contribution in [0, 0.1) is 5.92 Å². The van der Waals surface area contributed by atoms with Crippen LogP contribution >= 0.6 is 0 Å². The molecule has 3 aliphatic rings. The predicted octanol–water partition coefficient (Wildman–Crippen LogP) is 3.16. The minimum atomic E-state index is -0.972. The second-order valence-corrected chi connectivity index (χ2v) is 8.48. The SMILES string of the molecule is O=C(NC1C=CC(C(=O)N2CCC2C(=O)O)C1)OCC1c2ccccc2-c2ccccc21. The summed E-state index contributed by atoms with van der Waals surface area (Å²) in [6, 6.07) is 15.3. The lowest BCUT2D eigenvalue weighted by molar-refractivity contribution is -0.158. The molecule has 5 rings (SSSR count). The third-order valence-corrected chi connectivity index (χ3v) is 6.64. The van der Waals surface area contributed by atoms with Gasteiger partial charge in [-0.05, 0) is 35.1 Å². The van der Waals surface area contributed by atoms with Crippen molar-refractivity contribution in [3.8, 4) is 11.1 Å². The second kappa shape index (κ2) is 8.15. The van der Waals surface area contributed by atoms with Gasteiger partial charge in [0.05, 0.1) is 12.0 Å². The number of carboxylic acids is 1. The number of benzene rings is 2. The highest BCUT2D eigenvalue weighted by molar-refractivity contribution is 5.88. The molecule has 2 N–H and O–H groups in total. The molecule has 1 heterocycles. The molecule has 0 bridgehead atoms. The summed E-state index contributed by atoms with van der Waals surface area (Å²) in [4.78, 5) is 37.6. The third kappa shape index (κ3) is 3.53. The van der Waals surface area contributed by atoms with E-state index < -0.39 is 24.0 Å². The number of fused-ring (bicyclic) bond motifs is 3. The summed E-state index contributed by atoms with van der Waals surface area (Å²) in [5.41, 5.74) is 4.64. The van der Waals surface area contributed by atoms with Crippen molar-refractivity contribution in [1.82, 2.24) is 10.2 Å². The number of alkyl carbamates (subject to hydrolysis) is 1. The number of hydrogen-bond donors (Lipinski definition) is 2. The fraction of sp³-hybridized carbons (Fsp3) is 0.320. The average molecular weight is 432 g/mol. The standard InChI is InChI=1S/C25H24N2O5/c28-23(27-12-11-22(27)24(29)30)15-9-10-16(13-15)26-25(31)32-14-21-19-7-3-1-5-17(19)18-6-2-4-8-20(18)21/h1-10,15-16,21-22H,11-14H2,(H,26,31)(H,29,30).